The second-order valence-electron chi connectivity index (χ2n) is 7.08. The van der Waals surface area contributed by atoms with E-state index in [1.165, 1.54) is 5.57 Å². The molecule has 3 N–H and O–H groups in total. The lowest BCUT2D eigenvalue weighted by molar-refractivity contribution is -0.112. The second kappa shape index (κ2) is 9.69. The van der Waals surface area contributed by atoms with Gasteiger partial charge >= 0.3 is 0 Å². The van der Waals surface area contributed by atoms with E-state index in [0.29, 0.717) is 5.57 Å². The molecule has 3 rings (SSSR count). The molecule has 0 saturated carbocycles. The lowest BCUT2D eigenvalue weighted by Gasteiger charge is -2.17. The Labute approximate surface area is 172 Å². The van der Waals surface area contributed by atoms with Gasteiger partial charge in [-0.05, 0) is 61.2 Å². The van der Waals surface area contributed by atoms with Crippen LogP contribution in [0.3, 0.4) is 0 Å². The van der Waals surface area contributed by atoms with Crippen molar-refractivity contribution in [3.63, 3.8) is 0 Å². The Bertz CT molecular complexity index is 1050. The highest BCUT2D eigenvalue weighted by atomic mass is 16.1. The van der Waals surface area contributed by atoms with Gasteiger partial charge in [-0.3, -0.25) is 9.78 Å². The van der Waals surface area contributed by atoms with Crippen LogP contribution < -0.4 is 11.1 Å². The number of primary amides is 1. The zero-order valence-corrected chi connectivity index (χ0v) is 17.0. The molecule has 29 heavy (non-hydrogen) atoms. The van der Waals surface area contributed by atoms with Crippen molar-refractivity contribution < 1.29 is 4.79 Å². The summed E-state index contributed by atoms with van der Waals surface area (Å²) in [5.41, 5.74) is 10.1. The number of carbonyl (C=O) groups excluding carboxylic acids is 1. The standard InChI is InChI=1S/C25H27N3O/c1-3-18(2)7-6-14-28-24(20-12-15-27-16-13-20)23(25(26)29)22-11-10-19-8-4-5-9-21(19)17-22/h3-5,8-13,15-17,28H,6-7,14H2,1-2H3,(H2,26,29)/b18-3+,24-23-. The molecule has 4 nitrogen and oxygen atoms in total. The third-order valence-corrected chi connectivity index (χ3v) is 5.05. The summed E-state index contributed by atoms with van der Waals surface area (Å²) in [5.74, 6) is -0.454. The van der Waals surface area contributed by atoms with E-state index in [0.717, 1.165) is 47.0 Å². The van der Waals surface area contributed by atoms with Gasteiger partial charge in [0.25, 0.3) is 5.91 Å². The first-order valence-electron chi connectivity index (χ1n) is 9.89. The number of nitrogens with two attached hydrogens (primary N) is 1. The lowest BCUT2D eigenvalue weighted by Crippen LogP contribution is -2.22. The van der Waals surface area contributed by atoms with Gasteiger partial charge in [0.1, 0.15) is 0 Å². The van der Waals surface area contributed by atoms with E-state index in [9.17, 15) is 4.79 Å². The first kappa shape index (κ1) is 20.3. The largest absolute Gasteiger partial charge is 0.384 e. The molecule has 0 unspecified atom stereocenters. The summed E-state index contributed by atoms with van der Waals surface area (Å²) in [6.07, 6.45) is 7.55. The Morgan fingerprint density at radius 2 is 1.76 bits per heavy atom. The Kier molecular flexibility index (Phi) is 6.80. The second-order valence-corrected chi connectivity index (χ2v) is 7.08. The molecule has 0 aliphatic carbocycles. The minimum atomic E-state index is -0.454. The molecule has 0 fully saturated rings. The Morgan fingerprint density at radius 1 is 1.03 bits per heavy atom. The number of aromatic nitrogens is 1. The number of benzene rings is 2. The van der Waals surface area contributed by atoms with E-state index in [1.807, 2.05) is 48.5 Å². The van der Waals surface area contributed by atoms with Crippen molar-refractivity contribution in [2.75, 3.05) is 6.54 Å². The molecule has 0 saturated heterocycles. The lowest BCUT2D eigenvalue weighted by atomic mass is 9.96. The van der Waals surface area contributed by atoms with Gasteiger partial charge in [0.15, 0.2) is 0 Å². The summed E-state index contributed by atoms with van der Waals surface area (Å²) in [4.78, 5) is 16.6. The van der Waals surface area contributed by atoms with Gasteiger partial charge in [0.05, 0.1) is 11.3 Å². The highest BCUT2D eigenvalue weighted by Crippen LogP contribution is 2.27. The van der Waals surface area contributed by atoms with Crippen LogP contribution in [0.4, 0.5) is 0 Å². The summed E-state index contributed by atoms with van der Waals surface area (Å²) >= 11 is 0. The van der Waals surface area contributed by atoms with Crippen molar-refractivity contribution >= 4 is 27.9 Å². The number of pyridine rings is 1. The van der Waals surface area contributed by atoms with Crippen LogP contribution in [0.1, 0.15) is 37.8 Å². The smallest absolute Gasteiger partial charge is 0.251 e. The predicted molar refractivity (Wildman–Crippen MR) is 121 cm³/mol. The Hall–Kier alpha value is -3.40. The van der Waals surface area contributed by atoms with Crippen LogP contribution in [-0.2, 0) is 4.79 Å². The third kappa shape index (κ3) is 5.11. The maximum Gasteiger partial charge on any atom is 0.251 e. The minimum absolute atomic E-state index is 0.454. The number of nitrogens with zero attached hydrogens (tertiary/aromatic N) is 1. The summed E-state index contributed by atoms with van der Waals surface area (Å²) in [7, 11) is 0. The zero-order valence-electron chi connectivity index (χ0n) is 17.0. The molecule has 148 valence electrons. The molecule has 1 heterocycles. The molecule has 0 aliphatic rings. The van der Waals surface area contributed by atoms with E-state index in [2.05, 4.69) is 36.3 Å². The van der Waals surface area contributed by atoms with E-state index >= 15 is 0 Å². The number of amides is 1. The van der Waals surface area contributed by atoms with Gasteiger partial charge in [-0.2, -0.15) is 0 Å². The summed E-state index contributed by atoms with van der Waals surface area (Å²) < 4.78 is 0. The van der Waals surface area contributed by atoms with Gasteiger partial charge < -0.3 is 11.1 Å². The average Bonchev–Trinajstić information content (AvgIpc) is 2.75. The van der Waals surface area contributed by atoms with E-state index in [1.54, 1.807) is 12.4 Å². The fourth-order valence-electron chi connectivity index (χ4n) is 3.33. The van der Waals surface area contributed by atoms with Crippen molar-refractivity contribution in [1.29, 1.82) is 0 Å². The molecule has 0 radical (unpaired) electrons. The quantitative estimate of drug-likeness (QED) is 0.328. The monoisotopic (exact) mass is 385 g/mol. The zero-order chi connectivity index (χ0) is 20.6. The van der Waals surface area contributed by atoms with Crippen LogP contribution >= 0.6 is 0 Å². The van der Waals surface area contributed by atoms with E-state index < -0.39 is 5.91 Å². The van der Waals surface area contributed by atoms with Crippen LogP contribution in [0.15, 0.2) is 78.6 Å². The van der Waals surface area contributed by atoms with Crippen molar-refractivity contribution in [1.82, 2.24) is 10.3 Å². The maximum atomic E-state index is 12.5. The normalized spacial score (nSPS) is 12.6. The van der Waals surface area contributed by atoms with Gasteiger partial charge in [-0.1, -0.05) is 48.0 Å². The molecular weight excluding hydrogens is 358 g/mol. The number of fused-ring (bicyclic) bond motifs is 1. The molecule has 0 aliphatic heterocycles. The fourth-order valence-corrected chi connectivity index (χ4v) is 3.33. The first-order valence-corrected chi connectivity index (χ1v) is 9.89. The Morgan fingerprint density at radius 3 is 2.45 bits per heavy atom. The molecule has 1 aromatic heterocycles. The predicted octanol–water partition coefficient (Wildman–Crippen LogP) is 4.92. The van der Waals surface area contributed by atoms with Crippen LogP contribution in [0, 0.1) is 0 Å². The molecule has 3 aromatic rings. The molecular formula is C25H27N3O. The number of rotatable bonds is 8. The molecule has 2 aromatic carbocycles. The number of hydrogen-bond donors (Lipinski definition) is 2. The first-order chi connectivity index (χ1) is 14.1. The molecule has 0 atom stereocenters. The van der Waals surface area contributed by atoms with Gasteiger partial charge in [0, 0.05) is 24.5 Å². The van der Waals surface area contributed by atoms with Gasteiger partial charge in [-0.15, -0.1) is 0 Å². The number of allylic oxidation sites excluding steroid dienone is 2. The molecule has 0 spiro atoms. The van der Waals surface area contributed by atoms with Crippen LogP contribution in [0.25, 0.3) is 22.0 Å². The SMILES string of the molecule is C/C=C(\C)CCCN/C(=C(\C(N)=O)c1ccc2ccccc2c1)c1ccncc1. The van der Waals surface area contributed by atoms with Crippen molar-refractivity contribution in [3.8, 4) is 0 Å². The topological polar surface area (TPSA) is 68.0 Å². The minimum Gasteiger partial charge on any atom is -0.384 e. The third-order valence-electron chi connectivity index (χ3n) is 5.05. The van der Waals surface area contributed by atoms with Crippen molar-refractivity contribution in [2.24, 2.45) is 5.73 Å². The highest BCUT2D eigenvalue weighted by Gasteiger charge is 2.17. The fraction of sp³-hybridized carbons (Fsp3) is 0.200. The summed E-state index contributed by atoms with van der Waals surface area (Å²) in [6, 6.07) is 17.9. The van der Waals surface area contributed by atoms with Crippen molar-refractivity contribution in [2.45, 2.75) is 26.7 Å². The van der Waals surface area contributed by atoms with Crippen LogP contribution in [0.5, 0.6) is 0 Å². The van der Waals surface area contributed by atoms with Gasteiger partial charge in [0.2, 0.25) is 0 Å². The number of hydrogen-bond acceptors (Lipinski definition) is 3. The van der Waals surface area contributed by atoms with E-state index in [-0.39, 0.29) is 0 Å². The number of nitrogens with one attached hydrogen (secondary N) is 1. The highest BCUT2D eigenvalue weighted by molar-refractivity contribution is 6.26. The number of carbonyl (C=O) groups is 1. The molecule has 0 bridgehead atoms. The maximum absolute atomic E-state index is 12.5. The Balaban J connectivity index is 2.04. The summed E-state index contributed by atoms with van der Waals surface area (Å²) in [5, 5.41) is 5.66. The summed E-state index contributed by atoms with van der Waals surface area (Å²) in [6.45, 7) is 4.92. The van der Waals surface area contributed by atoms with E-state index in [4.69, 9.17) is 5.73 Å². The van der Waals surface area contributed by atoms with Crippen LogP contribution in [-0.4, -0.2) is 17.4 Å². The molecule has 1 amide bonds. The van der Waals surface area contributed by atoms with Crippen molar-refractivity contribution in [3.05, 3.63) is 89.8 Å². The van der Waals surface area contributed by atoms with Crippen LogP contribution in [0.2, 0.25) is 0 Å². The average molecular weight is 386 g/mol. The molecule has 4 heteroatoms. The van der Waals surface area contributed by atoms with Gasteiger partial charge in [-0.25, -0.2) is 0 Å².